The molecule has 0 saturated carbocycles. The van der Waals surface area contributed by atoms with Crippen LogP contribution in [0.3, 0.4) is 0 Å². The highest BCUT2D eigenvalue weighted by Gasteiger charge is 2.23. The fraction of sp³-hybridized carbons (Fsp3) is 0.118. The zero-order chi connectivity index (χ0) is 19.0. The molecule has 0 spiro atoms. The molecule has 3 rings (SSSR count). The summed E-state index contributed by atoms with van der Waals surface area (Å²) in [6, 6.07) is 4.56. The Bertz CT molecular complexity index is 1000. The van der Waals surface area contributed by atoms with Crippen molar-refractivity contribution in [2.24, 2.45) is 9.98 Å². The molecule has 7 nitrogen and oxygen atoms in total. The fourth-order valence-electron chi connectivity index (χ4n) is 2.28. The number of aliphatic imine (C=N–C) groups is 2. The maximum atomic E-state index is 13.8. The predicted molar refractivity (Wildman–Crippen MR) is 91.4 cm³/mol. The Labute approximate surface area is 146 Å². The van der Waals surface area contributed by atoms with E-state index in [0.717, 1.165) is 22.9 Å². The van der Waals surface area contributed by atoms with Crippen molar-refractivity contribution in [1.82, 2.24) is 9.78 Å². The van der Waals surface area contributed by atoms with Gasteiger partial charge in [0.15, 0.2) is 0 Å². The number of carbonyl (C=O) groups excluding carboxylic acids is 2. The minimum atomic E-state index is -1.01. The molecule has 0 atom stereocenters. The first-order chi connectivity index (χ1) is 12.3. The van der Waals surface area contributed by atoms with Gasteiger partial charge >= 0.3 is 0 Å². The van der Waals surface area contributed by atoms with Crippen molar-refractivity contribution < 1.29 is 18.4 Å². The lowest BCUT2D eigenvalue weighted by Gasteiger charge is -2.13. The molecule has 1 aliphatic rings. The number of rotatable bonds is 2. The van der Waals surface area contributed by atoms with Crippen molar-refractivity contribution in [2.75, 3.05) is 5.32 Å². The number of nitrogens with one attached hydrogen (secondary N) is 1. The molecule has 1 N–H and O–H groups in total. The van der Waals surface area contributed by atoms with Gasteiger partial charge in [-0.25, -0.2) is 13.8 Å². The van der Waals surface area contributed by atoms with Crippen molar-refractivity contribution in [3.63, 3.8) is 0 Å². The first-order valence-electron chi connectivity index (χ1n) is 7.48. The van der Waals surface area contributed by atoms with Crippen molar-refractivity contribution in [3.05, 3.63) is 59.3 Å². The van der Waals surface area contributed by atoms with Crippen molar-refractivity contribution in [1.29, 1.82) is 0 Å². The largest absolute Gasteiger partial charge is 0.306 e. The average Bonchev–Trinajstić information content (AvgIpc) is 2.92. The number of aryl methyl sites for hydroxylation is 1. The number of anilines is 1. The quantitative estimate of drug-likeness (QED) is 0.838. The van der Waals surface area contributed by atoms with Crippen LogP contribution in [0, 0.1) is 18.6 Å². The number of benzene rings is 1. The molecular formula is C17H13F2N5O2. The lowest BCUT2D eigenvalue weighted by Crippen LogP contribution is -2.25. The van der Waals surface area contributed by atoms with Crippen LogP contribution in [0.25, 0.3) is 0 Å². The minimum absolute atomic E-state index is 0.0609. The highest BCUT2D eigenvalue weighted by molar-refractivity contribution is 6.28. The van der Waals surface area contributed by atoms with Gasteiger partial charge in [0, 0.05) is 6.07 Å². The number of carbonyl (C=O) groups is 2. The Morgan fingerprint density at radius 2 is 1.85 bits per heavy atom. The first kappa shape index (κ1) is 17.3. The Morgan fingerprint density at radius 1 is 1.19 bits per heavy atom. The van der Waals surface area contributed by atoms with Gasteiger partial charge in [-0.05, 0) is 26.0 Å². The van der Waals surface area contributed by atoms with Crippen molar-refractivity contribution in [2.45, 2.75) is 13.8 Å². The lowest BCUT2D eigenvalue weighted by atomic mass is 10.2. The number of hydrogen-bond donors (Lipinski definition) is 1. The molecule has 1 aliphatic heterocycles. The van der Waals surface area contributed by atoms with Crippen LogP contribution in [0.2, 0.25) is 0 Å². The fourth-order valence-corrected chi connectivity index (χ4v) is 2.28. The van der Waals surface area contributed by atoms with Crippen LogP contribution in [-0.4, -0.2) is 33.3 Å². The Balaban J connectivity index is 1.99. The van der Waals surface area contributed by atoms with Crippen LogP contribution in [0.4, 0.5) is 14.6 Å². The van der Waals surface area contributed by atoms with E-state index in [0.29, 0.717) is 11.4 Å². The Morgan fingerprint density at radius 3 is 2.46 bits per heavy atom. The Hall–Kier alpha value is -3.49. The lowest BCUT2D eigenvalue weighted by molar-refractivity contribution is -0.113. The molecule has 0 bridgehead atoms. The maximum absolute atomic E-state index is 13.8. The number of aromatic nitrogens is 2. The number of nitrogens with zero attached hydrogens (tertiary/aromatic N) is 4. The van der Waals surface area contributed by atoms with Crippen LogP contribution in [0.15, 0.2) is 46.4 Å². The van der Waals surface area contributed by atoms with Gasteiger partial charge in [0.05, 0.1) is 17.0 Å². The molecule has 1 aromatic heterocycles. The summed E-state index contributed by atoms with van der Waals surface area (Å²) in [5.74, 6) is -3.61. The van der Waals surface area contributed by atoms with E-state index < -0.39 is 29.0 Å². The third kappa shape index (κ3) is 3.06. The normalized spacial score (nSPS) is 14.2. The second-order valence-electron chi connectivity index (χ2n) is 5.53. The number of hydrogen-bond acceptors (Lipinski definition) is 4. The number of amides is 2. The van der Waals surface area contributed by atoms with E-state index in [1.807, 2.05) is 0 Å². The van der Waals surface area contributed by atoms with Gasteiger partial charge in [-0.1, -0.05) is 12.6 Å². The molecule has 2 aromatic rings. The minimum Gasteiger partial charge on any atom is -0.306 e. The third-order valence-corrected chi connectivity index (χ3v) is 3.62. The summed E-state index contributed by atoms with van der Waals surface area (Å²) in [6.07, 6.45) is 0. The average molecular weight is 357 g/mol. The second kappa shape index (κ2) is 6.43. The van der Waals surface area contributed by atoms with Gasteiger partial charge < -0.3 is 5.32 Å². The van der Waals surface area contributed by atoms with Gasteiger partial charge in [0.2, 0.25) is 0 Å². The third-order valence-electron chi connectivity index (χ3n) is 3.62. The molecule has 0 fully saturated rings. The zero-order valence-corrected chi connectivity index (χ0v) is 13.9. The van der Waals surface area contributed by atoms with E-state index in [2.05, 4.69) is 27.0 Å². The van der Waals surface area contributed by atoms with E-state index >= 15 is 0 Å². The van der Waals surface area contributed by atoms with E-state index in [4.69, 9.17) is 0 Å². The van der Waals surface area contributed by atoms with Gasteiger partial charge in [0.25, 0.3) is 17.8 Å². The summed E-state index contributed by atoms with van der Waals surface area (Å²) in [6.45, 7) is 6.79. The summed E-state index contributed by atoms with van der Waals surface area (Å²) in [5, 5.41) is 6.48. The molecule has 0 aliphatic carbocycles. The summed E-state index contributed by atoms with van der Waals surface area (Å²) >= 11 is 0. The van der Waals surface area contributed by atoms with Gasteiger partial charge in [-0.3, -0.25) is 9.59 Å². The molecule has 1 aromatic carbocycles. The topological polar surface area (TPSA) is 88.7 Å². The highest BCUT2D eigenvalue weighted by atomic mass is 19.1. The summed E-state index contributed by atoms with van der Waals surface area (Å²) in [7, 11) is 0. The standard InChI is InChI=1S/C17H13F2N5O2/c1-8-7-13(21-16(26)14-11(18)5-4-6-12(14)19)24(23-8)17-20-10(3)9(2)15(25)22-17/h4-7H,2H2,1,3H3,(H,21,26). The molecule has 9 heteroatoms. The maximum Gasteiger partial charge on any atom is 0.281 e. The summed E-state index contributed by atoms with van der Waals surface area (Å²) in [5.41, 5.74) is 0.247. The van der Waals surface area contributed by atoms with Gasteiger partial charge in [0.1, 0.15) is 23.0 Å². The van der Waals surface area contributed by atoms with Crippen molar-refractivity contribution >= 4 is 29.3 Å². The molecule has 26 heavy (non-hydrogen) atoms. The zero-order valence-electron chi connectivity index (χ0n) is 13.9. The van der Waals surface area contributed by atoms with Crippen LogP contribution in [-0.2, 0) is 4.79 Å². The molecule has 132 valence electrons. The van der Waals surface area contributed by atoms with Gasteiger partial charge in [-0.2, -0.15) is 14.8 Å². The first-order valence-corrected chi connectivity index (χ1v) is 7.48. The molecule has 0 radical (unpaired) electrons. The summed E-state index contributed by atoms with van der Waals surface area (Å²) < 4.78 is 28.7. The molecule has 2 heterocycles. The predicted octanol–water partition coefficient (Wildman–Crippen LogP) is 2.48. The molecule has 2 amide bonds. The van der Waals surface area contributed by atoms with E-state index in [1.54, 1.807) is 13.8 Å². The number of halogens is 2. The molecule has 0 saturated heterocycles. The SMILES string of the molecule is C=C1C(=O)N=C(n2nc(C)cc2NC(=O)c2c(F)cccc2F)N=C1C. The van der Waals surface area contributed by atoms with Gasteiger partial charge in [-0.15, -0.1) is 0 Å². The second-order valence-corrected chi connectivity index (χ2v) is 5.53. The van der Waals surface area contributed by atoms with Crippen LogP contribution < -0.4 is 5.32 Å². The summed E-state index contributed by atoms with van der Waals surface area (Å²) in [4.78, 5) is 32.0. The Kier molecular flexibility index (Phi) is 4.29. The van der Waals surface area contributed by atoms with E-state index in [-0.39, 0.29) is 17.4 Å². The van der Waals surface area contributed by atoms with Crippen LogP contribution in [0.5, 0.6) is 0 Å². The smallest absolute Gasteiger partial charge is 0.281 e. The van der Waals surface area contributed by atoms with Crippen LogP contribution >= 0.6 is 0 Å². The monoisotopic (exact) mass is 357 g/mol. The van der Waals surface area contributed by atoms with E-state index in [9.17, 15) is 18.4 Å². The van der Waals surface area contributed by atoms with E-state index in [1.165, 1.54) is 6.07 Å². The van der Waals surface area contributed by atoms with Crippen LogP contribution in [0.1, 0.15) is 23.0 Å². The molecular weight excluding hydrogens is 344 g/mol. The highest BCUT2D eigenvalue weighted by Crippen LogP contribution is 2.18. The molecule has 0 unspecified atom stereocenters. The van der Waals surface area contributed by atoms with Crippen molar-refractivity contribution in [3.8, 4) is 0 Å².